The Bertz CT molecular complexity index is 819. The van der Waals surface area contributed by atoms with Gasteiger partial charge in [0.05, 0.1) is 10.7 Å². The number of rotatable bonds is 5. The SMILES string of the molecule is O=[N+]([O-])c1ccc(-c2nnc(CSc3ccc(Br)cc3)o2)cc1. The lowest BCUT2D eigenvalue weighted by molar-refractivity contribution is -0.384. The van der Waals surface area contributed by atoms with Gasteiger partial charge >= 0.3 is 0 Å². The van der Waals surface area contributed by atoms with Crippen LogP contribution in [-0.2, 0) is 5.75 Å². The number of nitrogens with zero attached hydrogens (tertiary/aromatic N) is 3. The Morgan fingerprint density at radius 2 is 1.78 bits per heavy atom. The summed E-state index contributed by atoms with van der Waals surface area (Å²) in [4.78, 5) is 11.3. The Morgan fingerprint density at radius 3 is 2.43 bits per heavy atom. The molecule has 0 bridgehead atoms. The van der Waals surface area contributed by atoms with Gasteiger partial charge in [-0.1, -0.05) is 15.9 Å². The van der Waals surface area contributed by atoms with Gasteiger partial charge in [-0.05, 0) is 36.4 Å². The molecule has 0 radical (unpaired) electrons. The van der Waals surface area contributed by atoms with E-state index in [-0.39, 0.29) is 5.69 Å². The molecule has 0 saturated carbocycles. The molecule has 2 aromatic carbocycles. The Morgan fingerprint density at radius 1 is 1.09 bits per heavy atom. The molecule has 8 heteroatoms. The van der Waals surface area contributed by atoms with Crippen LogP contribution >= 0.6 is 27.7 Å². The molecule has 23 heavy (non-hydrogen) atoms. The molecule has 0 atom stereocenters. The number of non-ortho nitro benzene ring substituents is 1. The molecule has 0 N–H and O–H groups in total. The molecular formula is C15H10BrN3O3S. The normalized spacial score (nSPS) is 10.7. The third kappa shape index (κ3) is 3.96. The summed E-state index contributed by atoms with van der Waals surface area (Å²) in [6, 6.07) is 14.0. The molecule has 116 valence electrons. The number of benzene rings is 2. The molecule has 0 aliphatic heterocycles. The first-order chi connectivity index (χ1) is 11.1. The van der Waals surface area contributed by atoms with Crippen molar-refractivity contribution in [3.8, 4) is 11.5 Å². The quantitative estimate of drug-likeness (QED) is 0.356. The first kappa shape index (κ1) is 15.7. The van der Waals surface area contributed by atoms with Crippen LogP contribution in [0.25, 0.3) is 11.5 Å². The number of aromatic nitrogens is 2. The number of hydrogen-bond donors (Lipinski definition) is 0. The van der Waals surface area contributed by atoms with Crippen molar-refractivity contribution in [2.45, 2.75) is 10.6 Å². The third-order valence-electron chi connectivity index (χ3n) is 2.97. The first-order valence-corrected chi connectivity index (χ1v) is 8.35. The summed E-state index contributed by atoms with van der Waals surface area (Å²) in [5, 5.41) is 18.6. The maximum atomic E-state index is 10.6. The van der Waals surface area contributed by atoms with Crippen LogP contribution in [0.5, 0.6) is 0 Å². The van der Waals surface area contributed by atoms with Gasteiger partial charge in [0.2, 0.25) is 11.8 Å². The van der Waals surface area contributed by atoms with Crippen molar-refractivity contribution >= 4 is 33.4 Å². The van der Waals surface area contributed by atoms with Crippen LogP contribution in [0.1, 0.15) is 5.89 Å². The highest BCUT2D eigenvalue weighted by Gasteiger charge is 2.11. The second-order valence-corrected chi connectivity index (χ2v) is 6.51. The lowest BCUT2D eigenvalue weighted by Gasteiger charge is -1.98. The van der Waals surface area contributed by atoms with Gasteiger partial charge in [0.25, 0.3) is 5.69 Å². The molecule has 3 aromatic rings. The summed E-state index contributed by atoms with van der Waals surface area (Å²) in [5.41, 5.74) is 0.683. The predicted molar refractivity (Wildman–Crippen MR) is 90.1 cm³/mol. The molecule has 1 aromatic heterocycles. The lowest BCUT2D eigenvalue weighted by Crippen LogP contribution is -1.87. The standard InChI is InChI=1S/C15H10BrN3O3S/c16-11-3-7-13(8-4-11)23-9-14-17-18-15(22-14)10-1-5-12(6-2-10)19(20)21/h1-8H,9H2. The molecule has 0 saturated heterocycles. The van der Waals surface area contributed by atoms with Gasteiger partial charge in [-0.2, -0.15) is 0 Å². The van der Waals surface area contributed by atoms with Gasteiger partial charge in [-0.25, -0.2) is 0 Å². The Hall–Kier alpha value is -2.19. The van der Waals surface area contributed by atoms with E-state index in [4.69, 9.17) is 4.42 Å². The Labute approximate surface area is 144 Å². The van der Waals surface area contributed by atoms with E-state index in [1.165, 1.54) is 12.1 Å². The van der Waals surface area contributed by atoms with E-state index in [2.05, 4.69) is 26.1 Å². The van der Waals surface area contributed by atoms with E-state index in [9.17, 15) is 10.1 Å². The summed E-state index contributed by atoms with van der Waals surface area (Å²) in [6.45, 7) is 0. The van der Waals surface area contributed by atoms with Crippen LogP contribution in [0.15, 0.2) is 62.3 Å². The molecular weight excluding hydrogens is 382 g/mol. The van der Waals surface area contributed by atoms with Crippen molar-refractivity contribution in [1.29, 1.82) is 0 Å². The van der Waals surface area contributed by atoms with E-state index in [1.54, 1.807) is 23.9 Å². The minimum atomic E-state index is -0.447. The third-order valence-corrected chi connectivity index (χ3v) is 4.49. The second-order valence-electron chi connectivity index (χ2n) is 4.55. The summed E-state index contributed by atoms with van der Waals surface area (Å²) < 4.78 is 6.62. The van der Waals surface area contributed by atoms with E-state index < -0.39 is 4.92 Å². The highest BCUT2D eigenvalue weighted by molar-refractivity contribution is 9.10. The van der Waals surface area contributed by atoms with Crippen molar-refractivity contribution in [1.82, 2.24) is 10.2 Å². The summed E-state index contributed by atoms with van der Waals surface area (Å²) in [6.07, 6.45) is 0. The lowest BCUT2D eigenvalue weighted by atomic mass is 10.2. The van der Waals surface area contributed by atoms with Crippen LogP contribution < -0.4 is 0 Å². The molecule has 6 nitrogen and oxygen atoms in total. The Balaban J connectivity index is 1.67. The second kappa shape index (κ2) is 6.93. The maximum Gasteiger partial charge on any atom is 0.269 e. The van der Waals surface area contributed by atoms with E-state index >= 15 is 0 Å². The van der Waals surface area contributed by atoms with Gasteiger partial charge in [0.1, 0.15) is 0 Å². The number of nitro groups is 1. The highest BCUT2D eigenvalue weighted by Crippen LogP contribution is 2.26. The fraction of sp³-hybridized carbons (Fsp3) is 0.0667. The number of thioether (sulfide) groups is 1. The van der Waals surface area contributed by atoms with Crippen molar-refractivity contribution in [2.75, 3.05) is 0 Å². The van der Waals surface area contributed by atoms with Gasteiger partial charge in [-0.15, -0.1) is 22.0 Å². The van der Waals surface area contributed by atoms with E-state index in [0.29, 0.717) is 23.1 Å². The van der Waals surface area contributed by atoms with E-state index in [0.717, 1.165) is 9.37 Å². The van der Waals surface area contributed by atoms with Crippen LogP contribution in [0, 0.1) is 10.1 Å². The van der Waals surface area contributed by atoms with Gasteiger partial charge < -0.3 is 4.42 Å². The van der Waals surface area contributed by atoms with Gasteiger partial charge in [-0.3, -0.25) is 10.1 Å². The van der Waals surface area contributed by atoms with Crippen LogP contribution in [0.4, 0.5) is 5.69 Å². The largest absolute Gasteiger partial charge is 0.420 e. The fourth-order valence-electron chi connectivity index (χ4n) is 1.83. The smallest absolute Gasteiger partial charge is 0.269 e. The molecule has 1 heterocycles. The number of nitro benzene ring substituents is 1. The van der Waals surface area contributed by atoms with E-state index in [1.807, 2.05) is 24.3 Å². The average molecular weight is 392 g/mol. The van der Waals surface area contributed by atoms with Gasteiger partial charge in [0.15, 0.2) is 0 Å². The van der Waals surface area contributed by atoms with Crippen molar-refractivity contribution in [2.24, 2.45) is 0 Å². The summed E-state index contributed by atoms with van der Waals surface area (Å²) in [7, 11) is 0. The minimum Gasteiger partial charge on any atom is -0.420 e. The van der Waals surface area contributed by atoms with Gasteiger partial charge in [0, 0.05) is 27.1 Å². The molecule has 0 amide bonds. The predicted octanol–water partition coefficient (Wildman–Crippen LogP) is 4.70. The fourth-order valence-corrected chi connectivity index (χ4v) is 2.83. The average Bonchev–Trinajstić information content (AvgIpc) is 3.03. The van der Waals surface area contributed by atoms with Crippen LogP contribution in [-0.4, -0.2) is 15.1 Å². The van der Waals surface area contributed by atoms with Crippen molar-refractivity contribution in [3.63, 3.8) is 0 Å². The van der Waals surface area contributed by atoms with Crippen molar-refractivity contribution in [3.05, 3.63) is 69.0 Å². The van der Waals surface area contributed by atoms with Crippen LogP contribution in [0.3, 0.4) is 0 Å². The molecule has 0 aliphatic rings. The zero-order chi connectivity index (χ0) is 16.2. The molecule has 0 aliphatic carbocycles. The topological polar surface area (TPSA) is 82.1 Å². The summed E-state index contributed by atoms with van der Waals surface area (Å²) >= 11 is 4.98. The Kier molecular flexibility index (Phi) is 4.73. The minimum absolute atomic E-state index is 0.0271. The van der Waals surface area contributed by atoms with Crippen LogP contribution in [0.2, 0.25) is 0 Å². The number of hydrogen-bond acceptors (Lipinski definition) is 6. The molecule has 0 unspecified atom stereocenters. The first-order valence-electron chi connectivity index (χ1n) is 6.57. The maximum absolute atomic E-state index is 10.6. The number of halogens is 1. The molecule has 3 rings (SSSR count). The highest BCUT2D eigenvalue weighted by atomic mass is 79.9. The zero-order valence-electron chi connectivity index (χ0n) is 11.7. The molecule has 0 spiro atoms. The van der Waals surface area contributed by atoms with Crippen molar-refractivity contribution < 1.29 is 9.34 Å². The monoisotopic (exact) mass is 391 g/mol. The summed E-state index contributed by atoms with van der Waals surface area (Å²) in [5.74, 6) is 1.42. The molecule has 0 fully saturated rings. The zero-order valence-corrected chi connectivity index (χ0v) is 14.1.